The Labute approximate surface area is 147 Å². The number of ketones is 1. The maximum absolute atomic E-state index is 12.4. The van der Waals surface area contributed by atoms with Crippen LogP contribution in [0.1, 0.15) is 47.3 Å². The van der Waals surface area contributed by atoms with Crippen LogP contribution < -0.4 is 0 Å². The third kappa shape index (κ3) is 3.83. The van der Waals surface area contributed by atoms with Crippen LogP contribution in [0.25, 0.3) is 0 Å². The van der Waals surface area contributed by atoms with Crippen molar-refractivity contribution in [2.45, 2.75) is 38.8 Å². The van der Waals surface area contributed by atoms with Crippen LogP contribution in [0.5, 0.6) is 0 Å². The first-order chi connectivity index (χ1) is 12.1. The van der Waals surface area contributed by atoms with E-state index in [1.165, 1.54) is 0 Å². The minimum Gasteiger partial charge on any atom is -0.390 e. The van der Waals surface area contributed by atoms with Crippen molar-refractivity contribution in [3.63, 3.8) is 0 Å². The van der Waals surface area contributed by atoms with Crippen LogP contribution in [0.3, 0.4) is 0 Å². The molecule has 0 aliphatic carbocycles. The summed E-state index contributed by atoms with van der Waals surface area (Å²) in [7, 11) is 0. The molecule has 0 radical (unpaired) electrons. The lowest BCUT2D eigenvalue weighted by atomic mass is 9.94. The number of carbonyl (C=O) groups excluding carboxylic acids is 1. The van der Waals surface area contributed by atoms with Crippen LogP contribution >= 0.6 is 0 Å². The van der Waals surface area contributed by atoms with Gasteiger partial charge in [-0.25, -0.2) is 0 Å². The van der Waals surface area contributed by atoms with E-state index in [0.29, 0.717) is 30.1 Å². The minimum atomic E-state index is -0.232. The van der Waals surface area contributed by atoms with Crippen LogP contribution in [-0.4, -0.2) is 33.3 Å². The Kier molecular flexibility index (Phi) is 5.36. The zero-order chi connectivity index (χ0) is 17.8. The quantitative estimate of drug-likeness (QED) is 0.810. The van der Waals surface area contributed by atoms with Gasteiger partial charge in [0.1, 0.15) is 5.78 Å². The Hall–Kier alpha value is -2.37. The van der Waals surface area contributed by atoms with Gasteiger partial charge in [0.15, 0.2) is 0 Å². The number of hydrogen-bond donors (Lipinski definition) is 2. The molecule has 0 fully saturated rings. The van der Waals surface area contributed by atoms with Crippen LogP contribution in [0.15, 0.2) is 41.4 Å². The maximum Gasteiger partial charge on any atom is 0.139 e. The van der Waals surface area contributed by atoms with E-state index in [4.69, 9.17) is 0 Å². The molecule has 2 aromatic rings. The van der Waals surface area contributed by atoms with Gasteiger partial charge in [0.2, 0.25) is 0 Å². The second-order valence-electron chi connectivity index (χ2n) is 6.40. The summed E-state index contributed by atoms with van der Waals surface area (Å²) in [6, 6.07) is 11.8. The van der Waals surface area contributed by atoms with Crippen molar-refractivity contribution in [3.8, 4) is 0 Å². The Bertz CT molecular complexity index is 800. The average molecular weight is 338 g/mol. The van der Waals surface area contributed by atoms with E-state index in [1.807, 2.05) is 43.3 Å². The summed E-state index contributed by atoms with van der Waals surface area (Å²) in [6.07, 6.45) is 0.696. The van der Waals surface area contributed by atoms with Crippen molar-refractivity contribution in [2.24, 2.45) is 4.99 Å². The van der Waals surface area contributed by atoms with Crippen molar-refractivity contribution >= 4 is 11.5 Å². The number of aliphatic hydroxyl groups is 2. The molecule has 0 spiro atoms. The van der Waals surface area contributed by atoms with Crippen molar-refractivity contribution in [3.05, 3.63) is 64.5 Å². The number of nitrogens with zero attached hydrogens (tertiary/aromatic N) is 2. The van der Waals surface area contributed by atoms with E-state index in [1.54, 1.807) is 0 Å². The molecule has 1 aliphatic rings. The third-order valence-corrected chi connectivity index (χ3v) is 4.54. The molecule has 0 saturated heterocycles. The molecule has 0 unspecified atom stereocenters. The van der Waals surface area contributed by atoms with Crippen LogP contribution in [-0.2, 0) is 24.4 Å². The molecule has 1 aromatic carbocycles. The lowest BCUT2D eigenvalue weighted by molar-refractivity contribution is -0.118. The Morgan fingerprint density at radius 1 is 1.20 bits per heavy atom. The van der Waals surface area contributed by atoms with Gasteiger partial charge in [-0.3, -0.25) is 14.8 Å². The fourth-order valence-corrected chi connectivity index (χ4v) is 3.31. The number of pyridine rings is 1. The van der Waals surface area contributed by atoms with Gasteiger partial charge in [-0.2, -0.15) is 0 Å². The summed E-state index contributed by atoms with van der Waals surface area (Å²) >= 11 is 0. The lowest BCUT2D eigenvalue weighted by Gasteiger charge is -2.12. The van der Waals surface area contributed by atoms with Gasteiger partial charge in [-0.05, 0) is 23.1 Å². The monoisotopic (exact) mass is 338 g/mol. The number of aliphatic imine (C=N–C) groups is 1. The van der Waals surface area contributed by atoms with Gasteiger partial charge in [-0.15, -0.1) is 0 Å². The molecular weight excluding hydrogens is 316 g/mol. The zero-order valence-electron chi connectivity index (χ0n) is 14.3. The highest BCUT2D eigenvalue weighted by molar-refractivity contribution is 6.05. The number of hydrogen-bond acceptors (Lipinski definition) is 5. The molecule has 0 amide bonds. The number of carbonyl (C=O) groups is 1. The molecule has 0 bridgehead atoms. The fraction of sp³-hybridized carbons (Fsp3) is 0.350. The lowest BCUT2D eigenvalue weighted by Crippen LogP contribution is -2.14. The summed E-state index contributed by atoms with van der Waals surface area (Å²) in [6.45, 7) is 2.10. The molecule has 2 heterocycles. The van der Waals surface area contributed by atoms with E-state index in [9.17, 15) is 15.0 Å². The van der Waals surface area contributed by atoms with Crippen molar-refractivity contribution in [2.75, 3.05) is 6.61 Å². The molecule has 2 N–H and O–H groups in total. The topological polar surface area (TPSA) is 82.8 Å². The Balaban J connectivity index is 1.72. The van der Waals surface area contributed by atoms with E-state index >= 15 is 0 Å². The normalized spacial score (nSPS) is 14.1. The number of benzene rings is 1. The SMILES string of the molecule is C[C@@H](CC(=O)Cc1cc2c(c(CO)n1)C(CO)=NC2)c1ccccc1. The van der Waals surface area contributed by atoms with Crippen molar-refractivity contribution in [1.82, 2.24) is 4.98 Å². The van der Waals surface area contributed by atoms with E-state index in [2.05, 4.69) is 9.98 Å². The molecule has 3 rings (SSSR count). The first-order valence-corrected chi connectivity index (χ1v) is 8.46. The van der Waals surface area contributed by atoms with Gasteiger partial charge >= 0.3 is 0 Å². The third-order valence-electron chi connectivity index (χ3n) is 4.54. The summed E-state index contributed by atoms with van der Waals surface area (Å²) < 4.78 is 0. The van der Waals surface area contributed by atoms with Gasteiger partial charge in [0.05, 0.1) is 31.2 Å². The smallest absolute Gasteiger partial charge is 0.139 e. The van der Waals surface area contributed by atoms with E-state index in [0.717, 1.165) is 16.7 Å². The van der Waals surface area contributed by atoms with Gasteiger partial charge < -0.3 is 10.2 Å². The predicted molar refractivity (Wildman–Crippen MR) is 95.7 cm³/mol. The summed E-state index contributed by atoms with van der Waals surface area (Å²) in [5.41, 5.74) is 4.50. The number of aromatic nitrogens is 1. The highest BCUT2D eigenvalue weighted by atomic mass is 16.3. The van der Waals surface area contributed by atoms with E-state index < -0.39 is 0 Å². The largest absolute Gasteiger partial charge is 0.390 e. The fourth-order valence-electron chi connectivity index (χ4n) is 3.31. The zero-order valence-corrected chi connectivity index (χ0v) is 14.3. The standard InChI is InChI=1S/C20H22N2O3/c1-13(14-5-3-2-4-6-14)7-17(25)9-16-8-15-10-21-18(11-23)20(15)19(12-24)22-16/h2-6,8,13,23-24H,7,9-12H2,1H3/t13-/m0/s1. The second-order valence-corrected chi connectivity index (χ2v) is 6.40. The first-order valence-electron chi connectivity index (χ1n) is 8.46. The highest BCUT2D eigenvalue weighted by Gasteiger charge is 2.22. The second kappa shape index (κ2) is 7.68. The minimum absolute atomic E-state index is 0.119. The van der Waals surface area contributed by atoms with Gasteiger partial charge in [0, 0.05) is 24.1 Å². The molecule has 5 heteroatoms. The molecule has 1 aromatic heterocycles. The van der Waals surface area contributed by atoms with E-state index in [-0.39, 0.29) is 31.3 Å². The molecule has 1 aliphatic heterocycles. The summed E-state index contributed by atoms with van der Waals surface area (Å²) in [5, 5.41) is 18.9. The summed E-state index contributed by atoms with van der Waals surface area (Å²) in [4.78, 5) is 21.1. The molecule has 5 nitrogen and oxygen atoms in total. The Morgan fingerprint density at radius 2 is 1.96 bits per heavy atom. The molecular formula is C20H22N2O3. The van der Waals surface area contributed by atoms with Crippen molar-refractivity contribution < 1.29 is 15.0 Å². The predicted octanol–water partition coefficient (Wildman–Crippen LogP) is 2.17. The molecule has 0 saturated carbocycles. The van der Waals surface area contributed by atoms with Gasteiger partial charge in [-0.1, -0.05) is 37.3 Å². The highest BCUT2D eigenvalue weighted by Crippen LogP contribution is 2.24. The molecule has 25 heavy (non-hydrogen) atoms. The van der Waals surface area contributed by atoms with Crippen molar-refractivity contribution in [1.29, 1.82) is 0 Å². The number of Topliss-reactive ketones (excluding diaryl/α,β-unsaturated/α-hetero) is 1. The summed E-state index contributed by atoms with van der Waals surface area (Å²) in [5.74, 6) is 0.277. The number of fused-ring (bicyclic) bond motifs is 1. The average Bonchev–Trinajstić information content (AvgIpc) is 3.04. The first kappa shape index (κ1) is 17.5. The number of aliphatic hydroxyl groups excluding tert-OH is 2. The van der Waals surface area contributed by atoms with Crippen LogP contribution in [0.4, 0.5) is 0 Å². The number of rotatable bonds is 7. The molecule has 1 atom stereocenters. The van der Waals surface area contributed by atoms with Crippen LogP contribution in [0, 0.1) is 0 Å². The maximum atomic E-state index is 12.4. The Morgan fingerprint density at radius 3 is 2.64 bits per heavy atom. The molecule has 130 valence electrons. The van der Waals surface area contributed by atoms with Crippen LogP contribution in [0.2, 0.25) is 0 Å². The van der Waals surface area contributed by atoms with Gasteiger partial charge in [0.25, 0.3) is 0 Å².